The van der Waals surface area contributed by atoms with Gasteiger partial charge in [0.15, 0.2) is 11.7 Å². The quantitative estimate of drug-likeness (QED) is 0.595. The van der Waals surface area contributed by atoms with Crippen molar-refractivity contribution < 1.29 is 23.8 Å². The predicted molar refractivity (Wildman–Crippen MR) is 73.6 cm³/mol. The van der Waals surface area contributed by atoms with E-state index >= 15 is 0 Å². The Morgan fingerprint density at radius 2 is 1.85 bits per heavy atom. The maximum absolute atomic E-state index is 11.6. The molecule has 0 radical (unpaired) electrons. The van der Waals surface area contributed by atoms with Gasteiger partial charge < -0.3 is 14.2 Å². The van der Waals surface area contributed by atoms with Crippen molar-refractivity contribution in [1.29, 1.82) is 0 Å². The molecule has 1 rings (SSSR count). The van der Waals surface area contributed by atoms with Crippen LogP contribution in [0.1, 0.15) is 12.5 Å². The van der Waals surface area contributed by atoms with Crippen LogP contribution in [0.3, 0.4) is 0 Å². The maximum atomic E-state index is 11.6. The zero-order chi connectivity index (χ0) is 15.0. The van der Waals surface area contributed by atoms with E-state index in [1.807, 2.05) is 30.3 Å². The molecule has 0 spiro atoms. The lowest BCUT2D eigenvalue weighted by Crippen LogP contribution is -2.28. The highest BCUT2D eigenvalue weighted by Crippen LogP contribution is 2.07. The van der Waals surface area contributed by atoms with Gasteiger partial charge >= 0.3 is 12.1 Å². The van der Waals surface area contributed by atoms with E-state index in [1.54, 1.807) is 0 Å². The van der Waals surface area contributed by atoms with Crippen LogP contribution in [0.15, 0.2) is 30.3 Å². The van der Waals surface area contributed by atoms with E-state index in [-0.39, 0.29) is 12.5 Å². The molecule has 0 aromatic heterocycles. The molecule has 2 atom stereocenters. The van der Waals surface area contributed by atoms with Crippen molar-refractivity contribution in [2.75, 3.05) is 5.88 Å². The van der Waals surface area contributed by atoms with Gasteiger partial charge in [-0.15, -0.1) is 11.6 Å². The number of esters is 1. The molecule has 7 heteroatoms. The first-order chi connectivity index (χ1) is 9.52. The first-order valence-corrected chi connectivity index (χ1v) is 6.78. The SMILES string of the molecule is C[C@H](OC(=O)OC(Cl)CCl)C(=O)OCc1ccccc1. The number of benzene rings is 1. The Bertz CT molecular complexity index is 438. The van der Waals surface area contributed by atoms with Crippen molar-refractivity contribution in [3.8, 4) is 0 Å². The topological polar surface area (TPSA) is 61.8 Å². The van der Waals surface area contributed by atoms with Crippen LogP contribution in [0, 0.1) is 0 Å². The number of hydrogen-bond donors (Lipinski definition) is 0. The minimum atomic E-state index is -1.09. The van der Waals surface area contributed by atoms with Crippen molar-refractivity contribution in [1.82, 2.24) is 0 Å². The predicted octanol–water partition coefficient (Wildman–Crippen LogP) is 3.08. The average Bonchev–Trinajstić information content (AvgIpc) is 2.45. The molecular formula is C13H14Cl2O5. The van der Waals surface area contributed by atoms with Crippen molar-refractivity contribution >= 4 is 35.3 Å². The van der Waals surface area contributed by atoms with Crippen LogP contribution in [-0.2, 0) is 25.6 Å². The Balaban J connectivity index is 2.34. The fraction of sp³-hybridized carbons (Fsp3) is 0.385. The van der Waals surface area contributed by atoms with E-state index in [4.69, 9.17) is 32.7 Å². The molecule has 1 aromatic rings. The molecule has 0 fully saturated rings. The van der Waals surface area contributed by atoms with Crippen molar-refractivity contribution in [2.45, 2.75) is 25.2 Å². The van der Waals surface area contributed by atoms with Crippen LogP contribution in [0.25, 0.3) is 0 Å². The molecule has 1 unspecified atom stereocenters. The van der Waals surface area contributed by atoms with Gasteiger partial charge in [0, 0.05) is 0 Å². The summed E-state index contributed by atoms with van der Waals surface area (Å²) in [5, 5.41) is 0. The normalized spacial score (nSPS) is 13.2. The third-order valence-electron chi connectivity index (χ3n) is 2.17. The molecule has 0 saturated heterocycles. The summed E-state index contributed by atoms with van der Waals surface area (Å²) in [4.78, 5) is 22.8. The second-order valence-electron chi connectivity index (χ2n) is 3.79. The van der Waals surface area contributed by atoms with E-state index < -0.39 is 23.8 Å². The molecule has 0 saturated carbocycles. The number of carbonyl (C=O) groups excluding carboxylic acids is 2. The lowest BCUT2D eigenvalue weighted by molar-refractivity contribution is -0.155. The summed E-state index contributed by atoms with van der Waals surface area (Å²) in [7, 11) is 0. The van der Waals surface area contributed by atoms with Crippen LogP contribution in [0.4, 0.5) is 4.79 Å². The Labute approximate surface area is 126 Å². The molecule has 1 aromatic carbocycles. The fourth-order valence-corrected chi connectivity index (χ4v) is 1.34. The highest BCUT2D eigenvalue weighted by molar-refractivity contribution is 6.27. The molecule has 0 amide bonds. The highest BCUT2D eigenvalue weighted by Gasteiger charge is 2.21. The van der Waals surface area contributed by atoms with Gasteiger partial charge in [0.1, 0.15) is 6.61 Å². The van der Waals surface area contributed by atoms with Crippen LogP contribution >= 0.6 is 23.2 Å². The molecule has 110 valence electrons. The molecule has 0 aliphatic rings. The molecule has 0 N–H and O–H groups in total. The Morgan fingerprint density at radius 1 is 1.20 bits per heavy atom. The van der Waals surface area contributed by atoms with E-state index in [0.29, 0.717) is 0 Å². The number of hydrogen-bond acceptors (Lipinski definition) is 5. The molecule has 0 aliphatic heterocycles. The third-order valence-corrected chi connectivity index (χ3v) is 2.86. The van der Waals surface area contributed by atoms with E-state index in [9.17, 15) is 9.59 Å². The number of alkyl halides is 2. The summed E-state index contributed by atoms with van der Waals surface area (Å²) in [5.41, 5.74) is -0.171. The van der Waals surface area contributed by atoms with Crippen LogP contribution in [-0.4, -0.2) is 29.7 Å². The smallest absolute Gasteiger partial charge is 0.458 e. The minimum Gasteiger partial charge on any atom is -0.458 e. The highest BCUT2D eigenvalue weighted by atomic mass is 35.5. The summed E-state index contributed by atoms with van der Waals surface area (Å²) in [6, 6.07) is 9.13. The van der Waals surface area contributed by atoms with Gasteiger partial charge in [0.05, 0.1) is 5.88 Å². The molecule has 0 bridgehead atoms. The van der Waals surface area contributed by atoms with Gasteiger partial charge in [0.2, 0.25) is 0 Å². The molecule has 0 heterocycles. The Kier molecular flexibility index (Phi) is 7.18. The minimum absolute atomic E-state index is 0.0799. The second-order valence-corrected chi connectivity index (χ2v) is 4.58. The lowest BCUT2D eigenvalue weighted by atomic mass is 10.2. The first-order valence-electron chi connectivity index (χ1n) is 5.80. The summed E-state index contributed by atoms with van der Waals surface area (Å²) >= 11 is 10.8. The van der Waals surface area contributed by atoms with Gasteiger partial charge in [0.25, 0.3) is 0 Å². The number of halogens is 2. The zero-order valence-corrected chi connectivity index (χ0v) is 12.3. The van der Waals surface area contributed by atoms with Gasteiger partial charge in [-0.25, -0.2) is 9.59 Å². The number of ether oxygens (including phenoxy) is 3. The van der Waals surface area contributed by atoms with E-state index in [0.717, 1.165) is 5.56 Å². The van der Waals surface area contributed by atoms with Gasteiger partial charge in [-0.2, -0.15) is 0 Å². The summed E-state index contributed by atoms with van der Waals surface area (Å²) in [6.45, 7) is 1.47. The Hall–Kier alpha value is -1.46. The number of rotatable bonds is 6. The van der Waals surface area contributed by atoms with E-state index in [1.165, 1.54) is 6.92 Å². The third kappa shape index (κ3) is 6.12. The van der Waals surface area contributed by atoms with Crippen LogP contribution in [0.2, 0.25) is 0 Å². The zero-order valence-electron chi connectivity index (χ0n) is 10.8. The van der Waals surface area contributed by atoms with Crippen molar-refractivity contribution in [2.24, 2.45) is 0 Å². The maximum Gasteiger partial charge on any atom is 0.510 e. The summed E-state index contributed by atoms with van der Waals surface area (Å²) in [6.07, 6.45) is -2.17. The fourth-order valence-electron chi connectivity index (χ4n) is 1.20. The number of carbonyl (C=O) groups is 2. The lowest BCUT2D eigenvalue weighted by Gasteiger charge is -2.14. The molecule has 0 aliphatic carbocycles. The van der Waals surface area contributed by atoms with Crippen LogP contribution < -0.4 is 0 Å². The molecule has 5 nitrogen and oxygen atoms in total. The standard InChI is InChI=1S/C13H14Cl2O5/c1-9(19-13(17)20-11(15)7-14)12(16)18-8-10-5-3-2-4-6-10/h2-6,9,11H,7-8H2,1H3/t9-,11?/m0/s1. The monoisotopic (exact) mass is 320 g/mol. The average molecular weight is 321 g/mol. The summed E-state index contributed by atoms with van der Waals surface area (Å²) < 4.78 is 14.2. The van der Waals surface area contributed by atoms with Crippen molar-refractivity contribution in [3.05, 3.63) is 35.9 Å². The Morgan fingerprint density at radius 3 is 2.45 bits per heavy atom. The largest absolute Gasteiger partial charge is 0.510 e. The summed E-state index contributed by atoms with van der Waals surface area (Å²) in [5.74, 6) is -0.758. The van der Waals surface area contributed by atoms with Gasteiger partial charge in [-0.1, -0.05) is 41.9 Å². The van der Waals surface area contributed by atoms with Crippen molar-refractivity contribution in [3.63, 3.8) is 0 Å². The van der Waals surface area contributed by atoms with Gasteiger partial charge in [-0.05, 0) is 12.5 Å². The van der Waals surface area contributed by atoms with Gasteiger partial charge in [-0.3, -0.25) is 0 Å². The van der Waals surface area contributed by atoms with E-state index in [2.05, 4.69) is 4.74 Å². The molecule has 20 heavy (non-hydrogen) atoms. The van der Waals surface area contributed by atoms with Crippen LogP contribution in [0.5, 0.6) is 0 Å². The first kappa shape index (κ1) is 16.6. The molecular weight excluding hydrogens is 307 g/mol. The second kappa shape index (κ2) is 8.66.